The third kappa shape index (κ3) is 3.10. The van der Waals surface area contributed by atoms with Crippen LogP contribution in [0.3, 0.4) is 0 Å². The number of rotatable bonds is 6. The van der Waals surface area contributed by atoms with Crippen LogP contribution >= 0.6 is 0 Å². The molecule has 0 N–H and O–H groups in total. The fraction of sp³-hybridized carbons (Fsp3) is 0.625. The van der Waals surface area contributed by atoms with E-state index in [0.717, 1.165) is 11.8 Å². The molecule has 0 fully saturated rings. The van der Waals surface area contributed by atoms with E-state index >= 15 is 0 Å². The van der Waals surface area contributed by atoms with Crippen LogP contribution in [0.5, 0.6) is 0 Å². The zero-order chi connectivity index (χ0) is 12.0. The molecule has 0 aliphatic rings. The molecule has 90 valence electrons. The summed E-state index contributed by atoms with van der Waals surface area (Å²) in [7, 11) is 0. The van der Waals surface area contributed by atoms with Crippen LogP contribution in [-0.4, -0.2) is 0 Å². The summed E-state index contributed by atoms with van der Waals surface area (Å²) >= 11 is 0. The van der Waals surface area contributed by atoms with Crippen LogP contribution in [0.4, 0.5) is 0 Å². The Morgan fingerprint density at radius 3 is 1.06 bits per heavy atom. The Balaban J connectivity index is 2.81. The summed E-state index contributed by atoms with van der Waals surface area (Å²) in [4.78, 5) is 0. The second kappa shape index (κ2) is 6.73. The van der Waals surface area contributed by atoms with Crippen molar-refractivity contribution in [1.82, 2.24) is 0 Å². The maximum absolute atomic E-state index is 2.34. The molecular formula is C16H26. The molecule has 0 heterocycles. The first kappa shape index (κ1) is 13.3. The van der Waals surface area contributed by atoms with Crippen molar-refractivity contribution in [3.63, 3.8) is 0 Å². The molecule has 1 aromatic carbocycles. The Bertz CT molecular complexity index is 244. The summed E-state index contributed by atoms with van der Waals surface area (Å²) in [6, 6.07) is 9.35. The fourth-order valence-electron chi connectivity index (χ4n) is 2.56. The summed E-state index contributed by atoms with van der Waals surface area (Å²) in [6.45, 7) is 9.12. The van der Waals surface area contributed by atoms with Crippen molar-refractivity contribution in [3.05, 3.63) is 35.4 Å². The van der Waals surface area contributed by atoms with Gasteiger partial charge >= 0.3 is 0 Å². The Morgan fingerprint density at radius 2 is 0.875 bits per heavy atom. The van der Waals surface area contributed by atoms with E-state index in [1.54, 1.807) is 0 Å². The quantitative estimate of drug-likeness (QED) is 0.592. The van der Waals surface area contributed by atoms with Crippen LogP contribution in [0.2, 0.25) is 0 Å². The lowest BCUT2D eigenvalue weighted by Gasteiger charge is -2.16. The second-order valence-electron chi connectivity index (χ2n) is 4.69. The standard InChI is InChI=1S/C16H26/c1-5-13(6-2)15-9-11-16(12-10-15)14(7-3)8-4/h9-14H,5-8H2,1-4H3. The van der Waals surface area contributed by atoms with Gasteiger partial charge in [-0.25, -0.2) is 0 Å². The van der Waals surface area contributed by atoms with Crippen molar-refractivity contribution < 1.29 is 0 Å². The van der Waals surface area contributed by atoms with E-state index in [4.69, 9.17) is 0 Å². The molecule has 0 unspecified atom stereocenters. The van der Waals surface area contributed by atoms with Crippen molar-refractivity contribution in [2.75, 3.05) is 0 Å². The predicted molar refractivity (Wildman–Crippen MR) is 73.1 cm³/mol. The van der Waals surface area contributed by atoms with Crippen molar-refractivity contribution in [2.45, 2.75) is 65.2 Å². The van der Waals surface area contributed by atoms with E-state index in [-0.39, 0.29) is 0 Å². The molecule has 0 spiro atoms. The van der Waals surface area contributed by atoms with Gasteiger partial charge in [0.2, 0.25) is 0 Å². The predicted octanol–water partition coefficient (Wildman–Crippen LogP) is 5.49. The van der Waals surface area contributed by atoms with Crippen molar-refractivity contribution >= 4 is 0 Å². The molecule has 0 saturated carbocycles. The SMILES string of the molecule is CCC(CC)c1ccc(C(CC)CC)cc1. The van der Waals surface area contributed by atoms with Gasteiger partial charge in [-0.05, 0) is 48.6 Å². The molecule has 0 heteroatoms. The molecule has 0 saturated heterocycles. The monoisotopic (exact) mass is 218 g/mol. The van der Waals surface area contributed by atoms with Gasteiger partial charge in [0.05, 0.1) is 0 Å². The topological polar surface area (TPSA) is 0 Å². The molecule has 0 bridgehead atoms. The zero-order valence-electron chi connectivity index (χ0n) is 11.3. The smallest absolute Gasteiger partial charge is 0.0167 e. The molecule has 0 aromatic heterocycles. The lowest BCUT2D eigenvalue weighted by molar-refractivity contribution is 0.631. The highest BCUT2D eigenvalue weighted by Crippen LogP contribution is 2.27. The van der Waals surface area contributed by atoms with Gasteiger partial charge in [-0.15, -0.1) is 0 Å². The highest BCUT2D eigenvalue weighted by Gasteiger charge is 2.09. The van der Waals surface area contributed by atoms with E-state index in [1.165, 1.54) is 36.8 Å². The molecule has 0 aliphatic carbocycles. The van der Waals surface area contributed by atoms with Crippen LogP contribution in [0.25, 0.3) is 0 Å². The third-order valence-electron chi connectivity index (χ3n) is 3.85. The summed E-state index contributed by atoms with van der Waals surface area (Å²) < 4.78 is 0. The van der Waals surface area contributed by atoms with E-state index in [0.29, 0.717) is 0 Å². The van der Waals surface area contributed by atoms with Crippen molar-refractivity contribution in [2.24, 2.45) is 0 Å². The zero-order valence-corrected chi connectivity index (χ0v) is 11.3. The van der Waals surface area contributed by atoms with Crippen LogP contribution in [0, 0.1) is 0 Å². The van der Waals surface area contributed by atoms with Gasteiger partial charge in [-0.3, -0.25) is 0 Å². The largest absolute Gasteiger partial charge is 0.0648 e. The molecular weight excluding hydrogens is 192 g/mol. The van der Waals surface area contributed by atoms with Gasteiger partial charge in [-0.1, -0.05) is 52.0 Å². The first-order valence-corrected chi connectivity index (χ1v) is 6.86. The van der Waals surface area contributed by atoms with E-state index in [2.05, 4.69) is 52.0 Å². The van der Waals surface area contributed by atoms with E-state index in [1.807, 2.05) is 0 Å². The second-order valence-corrected chi connectivity index (χ2v) is 4.69. The lowest BCUT2D eigenvalue weighted by atomic mass is 9.89. The maximum Gasteiger partial charge on any atom is -0.0167 e. The number of hydrogen-bond donors (Lipinski definition) is 0. The Labute approximate surface area is 101 Å². The highest BCUT2D eigenvalue weighted by molar-refractivity contribution is 5.27. The van der Waals surface area contributed by atoms with Crippen LogP contribution < -0.4 is 0 Å². The minimum absolute atomic E-state index is 0.746. The molecule has 1 rings (SSSR count). The first-order valence-electron chi connectivity index (χ1n) is 6.86. The highest BCUT2D eigenvalue weighted by atomic mass is 14.1. The van der Waals surface area contributed by atoms with E-state index < -0.39 is 0 Å². The van der Waals surface area contributed by atoms with E-state index in [9.17, 15) is 0 Å². The molecule has 1 aromatic rings. The van der Waals surface area contributed by atoms with Gasteiger partial charge < -0.3 is 0 Å². The van der Waals surface area contributed by atoms with Gasteiger partial charge in [0.1, 0.15) is 0 Å². The maximum atomic E-state index is 2.34. The lowest BCUT2D eigenvalue weighted by Crippen LogP contribution is -1.98. The van der Waals surface area contributed by atoms with Gasteiger partial charge in [0, 0.05) is 0 Å². The molecule has 0 atom stereocenters. The normalized spacial score (nSPS) is 11.4. The van der Waals surface area contributed by atoms with Gasteiger partial charge in [0.15, 0.2) is 0 Å². The minimum Gasteiger partial charge on any atom is -0.0648 e. The molecule has 0 radical (unpaired) electrons. The number of hydrogen-bond acceptors (Lipinski definition) is 0. The number of benzene rings is 1. The molecule has 0 nitrogen and oxygen atoms in total. The Morgan fingerprint density at radius 1 is 0.625 bits per heavy atom. The average molecular weight is 218 g/mol. The third-order valence-corrected chi connectivity index (χ3v) is 3.85. The summed E-state index contributed by atoms with van der Waals surface area (Å²) in [5.74, 6) is 1.49. The van der Waals surface area contributed by atoms with Crippen molar-refractivity contribution in [3.8, 4) is 0 Å². The molecule has 16 heavy (non-hydrogen) atoms. The summed E-state index contributed by atoms with van der Waals surface area (Å²) in [6.07, 6.45) is 5.00. The van der Waals surface area contributed by atoms with Crippen LogP contribution in [0.1, 0.15) is 76.3 Å². The molecule has 0 aliphatic heterocycles. The van der Waals surface area contributed by atoms with Crippen LogP contribution in [-0.2, 0) is 0 Å². The van der Waals surface area contributed by atoms with Crippen molar-refractivity contribution in [1.29, 1.82) is 0 Å². The van der Waals surface area contributed by atoms with Gasteiger partial charge in [-0.2, -0.15) is 0 Å². The van der Waals surface area contributed by atoms with Gasteiger partial charge in [0.25, 0.3) is 0 Å². The Hall–Kier alpha value is -0.780. The molecule has 0 amide bonds. The average Bonchev–Trinajstić information content (AvgIpc) is 2.34. The fourth-order valence-corrected chi connectivity index (χ4v) is 2.56. The minimum atomic E-state index is 0.746. The van der Waals surface area contributed by atoms with Crippen LogP contribution in [0.15, 0.2) is 24.3 Å². The Kier molecular flexibility index (Phi) is 5.59. The first-order chi connectivity index (χ1) is 7.76. The summed E-state index contributed by atoms with van der Waals surface area (Å²) in [5.41, 5.74) is 3.03. The summed E-state index contributed by atoms with van der Waals surface area (Å²) in [5, 5.41) is 0.